The van der Waals surface area contributed by atoms with E-state index in [0.29, 0.717) is 34.3 Å². The molecule has 1 heterocycles. The van der Waals surface area contributed by atoms with Crippen molar-refractivity contribution >= 4 is 40.5 Å². The Bertz CT molecular complexity index is 1260. The highest BCUT2D eigenvalue weighted by atomic mass is 35.5. The van der Waals surface area contributed by atoms with Gasteiger partial charge in [0, 0.05) is 44.1 Å². The maximum Gasteiger partial charge on any atom is 0.257 e. The molecule has 1 aliphatic rings. The van der Waals surface area contributed by atoms with Gasteiger partial charge in [0.2, 0.25) is 0 Å². The third-order valence-electron chi connectivity index (χ3n) is 6.33. The fourth-order valence-corrected chi connectivity index (χ4v) is 4.61. The van der Waals surface area contributed by atoms with Crippen molar-refractivity contribution in [3.05, 3.63) is 82.9 Å². The predicted octanol–water partition coefficient (Wildman–Crippen LogP) is 5.31. The minimum absolute atomic E-state index is 0.162. The summed E-state index contributed by atoms with van der Waals surface area (Å²) in [6.45, 7) is 7.74. The van der Waals surface area contributed by atoms with Gasteiger partial charge in [-0.05, 0) is 48.4 Å². The SMILES string of the molecule is COc1ccccc1N1CCN(c2ccc(NC(=O)c3ccccc3Cl)cc2C(=O)NCC(C)C)CC1. The molecule has 1 saturated heterocycles. The molecule has 0 aromatic heterocycles. The first kappa shape index (κ1) is 26.4. The van der Waals surface area contributed by atoms with Crippen molar-refractivity contribution < 1.29 is 14.3 Å². The van der Waals surface area contributed by atoms with E-state index in [9.17, 15) is 9.59 Å². The van der Waals surface area contributed by atoms with E-state index >= 15 is 0 Å². The molecule has 1 aliphatic heterocycles. The third-order valence-corrected chi connectivity index (χ3v) is 6.66. The Kier molecular flexibility index (Phi) is 8.56. The second-order valence-corrected chi connectivity index (χ2v) is 9.82. The van der Waals surface area contributed by atoms with Crippen molar-refractivity contribution in [2.45, 2.75) is 13.8 Å². The average molecular weight is 521 g/mol. The Balaban J connectivity index is 1.55. The lowest BCUT2D eigenvalue weighted by molar-refractivity contribution is 0.0948. The van der Waals surface area contributed by atoms with Crippen LogP contribution in [0.5, 0.6) is 5.75 Å². The van der Waals surface area contributed by atoms with Crippen LogP contribution in [0.15, 0.2) is 66.7 Å². The molecule has 0 atom stereocenters. The van der Waals surface area contributed by atoms with Crippen LogP contribution in [0.2, 0.25) is 5.02 Å². The summed E-state index contributed by atoms with van der Waals surface area (Å²) in [5.74, 6) is 0.685. The molecule has 4 rings (SSSR count). The van der Waals surface area contributed by atoms with Gasteiger partial charge in [-0.1, -0.05) is 49.7 Å². The number of nitrogens with one attached hydrogen (secondary N) is 2. The maximum atomic E-state index is 13.2. The molecule has 2 N–H and O–H groups in total. The Morgan fingerprint density at radius 1 is 0.865 bits per heavy atom. The molecule has 37 heavy (non-hydrogen) atoms. The van der Waals surface area contributed by atoms with Crippen molar-refractivity contribution in [2.75, 3.05) is 55.0 Å². The largest absolute Gasteiger partial charge is 0.495 e. The molecule has 194 valence electrons. The van der Waals surface area contributed by atoms with Crippen molar-refractivity contribution in [3.63, 3.8) is 0 Å². The molecule has 2 amide bonds. The number of piperazine rings is 1. The summed E-state index contributed by atoms with van der Waals surface area (Å²) < 4.78 is 5.54. The van der Waals surface area contributed by atoms with E-state index in [-0.39, 0.29) is 11.8 Å². The number of amides is 2. The number of rotatable bonds is 8. The molecule has 3 aromatic carbocycles. The van der Waals surface area contributed by atoms with Crippen molar-refractivity contribution in [1.29, 1.82) is 0 Å². The summed E-state index contributed by atoms with van der Waals surface area (Å²) in [5, 5.41) is 6.28. The number of hydrogen-bond acceptors (Lipinski definition) is 5. The summed E-state index contributed by atoms with van der Waals surface area (Å²) in [6, 6.07) is 20.4. The highest BCUT2D eigenvalue weighted by molar-refractivity contribution is 6.34. The zero-order valence-corrected chi connectivity index (χ0v) is 22.2. The van der Waals surface area contributed by atoms with Gasteiger partial charge in [-0.15, -0.1) is 0 Å². The van der Waals surface area contributed by atoms with E-state index in [2.05, 4.69) is 40.3 Å². The molecule has 1 fully saturated rings. The molecule has 0 aliphatic carbocycles. The zero-order valence-electron chi connectivity index (χ0n) is 21.5. The molecular formula is C29H33ClN4O3. The molecule has 0 bridgehead atoms. The van der Waals surface area contributed by atoms with Gasteiger partial charge in [0.05, 0.1) is 28.9 Å². The summed E-state index contributed by atoms with van der Waals surface area (Å²) >= 11 is 6.20. The summed E-state index contributed by atoms with van der Waals surface area (Å²) in [7, 11) is 1.68. The molecule has 0 saturated carbocycles. The number of nitrogens with zero attached hydrogens (tertiary/aromatic N) is 2. The van der Waals surface area contributed by atoms with Gasteiger partial charge >= 0.3 is 0 Å². The average Bonchev–Trinajstić information content (AvgIpc) is 2.92. The van der Waals surface area contributed by atoms with E-state index in [1.54, 1.807) is 37.4 Å². The number of benzene rings is 3. The fourth-order valence-electron chi connectivity index (χ4n) is 4.39. The van der Waals surface area contributed by atoms with Crippen molar-refractivity contribution in [3.8, 4) is 5.75 Å². The molecule has 0 radical (unpaired) electrons. The van der Waals surface area contributed by atoms with Crippen LogP contribution in [0.1, 0.15) is 34.6 Å². The van der Waals surface area contributed by atoms with Crippen molar-refractivity contribution in [2.24, 2.45) is 5.92 Å². The van der Waals surface area contributed by atoms with Crippen LogP contribution in [-0.4, -0.2) is 51.6 Å². The Morgan fingerprint density at radius 3 is 2.19 bits per heavy atom. The molecule has 0 spiro atoms. The summed E-state index contributed by atoms with van der Waals surface area (Å²) in [6.07, 6.45) is 0. The number of carbonyl (C=O) groups excluding carboxylic acids is 2. The molecule has 3 aromatic rings. The number of hydrogen-bond donors (Lipinski definition) is 2. The Morgan fingerprint density at radius 2 is 1.51 bits per heavy atom. The number of anilines is 3. The predicted molar refractivity (Wildman–Crippen MR) is 150 cm³/mol. The van der Waals surface area contributed by atoms with Gasteiger partial charge in [0.25, 0.3) is 11.8 Å². The lowest BCUT2D eigenvalue weighted by Crippen LogP contribution is -2.47. The minimum Gasteiger partial charge on any atom is -0.495 e. The third kappa shape index (κ3) is 6.35. The number of para-hydroxylation sites is 2. The number of halogens is 1. The fraction of sp³-hybridized carbons (Fsp3) is 0.310. The van der Waals surface area contributed by atoms with Crippen molar-refractivity contribution in [1.82, 2.24) is 5.32 Å². The molecule has 0 unspecified atom stereocenters. The van der Waals surface area contributed by atoms with Crippen LogP contribution in [-0.2, 0) is 0 Å². The molecule has 8 heteroatoms. The van der Waals surface area contributed by atoms with Crippen LogP contribution in [0.25, 0.3) is 0 Å². The van der Waals surface area contributed by atoms with E-state index in [0.717, 1.165) is 43.3 Å². The van der Waals surface area contributed by atoms with E-state index in [4.69, 9.17) is 16.3 Å². The van der Waals surface area contributed by atoms with Gasteiger partial charge in [-0.25, -0.2) is 0 Å². The number of carbonyl (C=O) groups is 2. The minimum atomic E-state index is -0.322. The quantitative estimate of drug-likeness (QED) is 0.421. The summed E-state index contributed by atoms with van der Waals surface area (Å²) in [5.41, 5.74) is 3.36. The van der Waals surface area contributed by atoms with Gasteiger partial charge in [-0.3, -0.25) is 9.59 Å². The topological polar surface area (TPSA) is 73.9 Å². The number of methoxy groups -OCH3 is 1. The van der Waals surface area contributed by atoms with Gasteiger partial charge in [-0.2, -0.15) is 0 Å². The second-order valence-electron chi connectivity index (χ2n) is 9.42. The molecular weight excluding hydrogens is 488 g/mol. The van der Waals surface area contributed by atoms with E-state index in [1.807, 2.05) is 30.3 Å². The van der Waals surface area contributed by atoms with Gasteiger partial charge < -0.3 is 25.2 Å². The Hall–Kier alpha value is -3.71. The Labute approximate surface area is 223 Å². The number of ether oxygens (including phenoxy) is 1. The first-order valence-corrected chi connectivity index (χ1v) is 12.9. The lowest BCUT2D eigenvalue weighted by atomic mass is 10.1. The first-order valence-electron chi connectivity index (χ1n) is 12.5. The van der Waals surface area contributed by atoms with Crippen LogP contribution < -0.4 is 25.2 Å². The molecule has 7 nitrogen and oxygen atoms in total. The normalized spacial score (nSPS) is 13.4. The standard InChI is InChI=1S/C29H33ClN4O3/c1-20(2)19-31-28(35)23-18-21(32-29(36)22-8-4-5-9-24(22)30)12-13-25(23)33-14-16-34(17-15-33)26-10-6-7-11-27(26)37-3/h4-13,18,20H,14-17,19H2,1-3H3,(H,31,35)(H,32,36). The monoisotopic (exact) mass is 520 g/mol. The zero-order chi connectivity index (χ0) is 26.4. The van der Waals surface area contributed by atoms with Gasteiger partial charge in [0.1, 0.15) is 5.75 Å². The lowest BCUT2D eigenvalue weighted by Gasteiger charge is -2.38. The highest BCUT2D eigenvalue weighted by Gasteiger charge is 2.24. The van der Waals surface area contributed by atoms with Crippen LogP contribution in [0.3, 0.4) is 0 Å². The van der Waals surface area contributed by atoms with Crippen LogP contribution >= 0.6 is 11.6 Å². The summed E-state index contributed by atoms with van der Waals surface area (Å²) in [4.78, 5) is 30.6. The highest BCUT2D eigenvalue weighted by Crippen LogP contribution is 2.31. The van der Waals surface area contributed by atoms with Crippen LogP contribution in [0, 0.1) is 5.92 Å². The van der Waals surface area contributed by atoms with Gasteiger partial charge in [0.15, 0.2) is 0 Å². The maximum absolute atomic E-state index is 13.2. The van der Waals surface area contributed by atoms with E-state index in [1.165, 1.54) is 0 Å². The second kappa shape index (κ2) is 12.0. The smallest absolute Gasteiger partial charge is 0.257 e. The van der Waals surface area contributed by atoms with Crippen LogP contribution in [0.4, 0.5) is 17.1 Å². The first-order chi connectivity index (χ1) is 17.9. The van der Waals surface area contributed by atoms with E-state index < -0.39 is 0 Å².